The first-order valence-corrected chi connectivity index (χ1v) is 10.6. The molecular weight excluding hydrogens is 406 g/mol. The summed E-state index contributed by atoms with van der Waals surface area (Å²) in [5.41, 5.74) is 3.15. The number of aliphatic hydroxyl groups is 1. The van der Waals surface area contributed by atoms with Gasteiger partial charge in [0.2, 0.25) is 0 Å². The lowest BCUT2D eigenvalue weighted by atomic mass is 10.1. The number of aromatic nitrogens is 1. The smallest absolute Gasteiger partial charge is 0.267 e. The predicted octanol–water partition coefficient (Wildman–Crippen LogP) is 1.22. The minimum absolute atomic E-state index is 0.0772. The van der Waals surface area contributed by atoms with Crippen LogP contribution in [0.15, 0.2) is 59.5 Å². The number of piperazine rings is 1. The number of nitrogens with one attached hydrogen (secondary N) is 1. The van der Waals surface area contributed by atoms with Crippen LogP contribution in [0.5, 0.6) is 0 Å². The average molecular weight is 431 g/mol. The van der Waals surface area contributed by atoms with Crippen molar-refractivity contribution < 1.29 is 9.90 Å². The topological polar surface area (TPSA) is 101 Å². The molecule has 8 heteroatoms. The molecule has 4 rings (SSSR count). The Balaban J connectivity index is 1.53. The van der Waals surface area contributed by atoms with Crippen LogP contribution in [0.25, 0.3) is 5.52 Å². The quantitative estimate of drug-likeness (QED) is 0.609. The lowest BCUT2D eigenvalue weighted by Gasteiger charge is -2.36. The zero-order valence-corrected chi connectivity index (χ0v) is 17.7. The normalized spacial score (nSPS) is 14.3. The number of carbonyl (C=O) groups excluding carboxylic acids is 1. The van der Waals surface area contributed by atoms with E-state index < -0.39 is 5.91 Å². The molecule has 1 aromatic carbocycles. The third-order valence-electron chi connectivity index (χ3n) is 5.73. The van der Waals surface area contributed by atoms with Gasteiger partial charge in [-0.3, -0.25) is 18.9 Å². The van der Waals surface area contributed by atoms with Crippen molar-refractivity contribution in [2.24, 2.45) is 0 Å². The van der Waals surface area contributed by atoms with Crippen LogP contribution in [0.3, 0.4) is 0 Å². The standard InChI is InChI=1S/C24H25N5O3/c25-16-18-4-6-20(7-5-18)28-12-10-27(11-13-28)17-19-15-21(23(31)26-8-14-30)24(32)29-9-2-1-3-22(19)29/h1-7,9,15,30H,8,10-14,17H2,(H,26,31). The number of aliphatic hydroxyl groups excluding tert-OH is 1. The highest BCUT2D eigenvalue weighted by Gasteiger charge is 2.20. The molecule has 1 aliphatic rings. The Morgan fingerprint density at radius 2 is 1.84 bits per heavy atom. The maximum absolute atomic E-state index is 12.8. The van der Waals surface area contributed by atoms with Crippen LogP contribution in [0.2, 0.25) is 0 Å². The Labute approximate surface area is 185 Å². The maximum Gasteiger partial charge on any atom is 0.267 e. The van der Waals surface area contributed by atoms with Gasteiger partial charge in [0, 0.05) is 51.2 Å². The van der Waals surface area contributed by atoms with Crippen molar-refractivity contribution in [1.29, 1.82) is 5.26 Å². The fourth-order valence-electron chi connectivity index (χ4n) is 4.03. The molecule has 1 saturated heterocycles. The molecule has 8 nitrogen and oxygen atoms in total. The molecule has 2 aromatic heterocycles. The van der Waals surface area contributed by atoms with E-state index in [9.17, 15) is 9.59 Å². The van der Waals surface area contributed by atoms with Crippen LogP contribution >= 0.6 is 0 Å². The van der Waals surface area contributed by atoms with Gasteiger partial charge in [-0.25, -0.2) is 0 Å². The van der Waals surface area contributed by atoms with E-state index in [1.54, 1.807) is 18.3 Å². The minimum atomic E-state index is -0.478. The summed E-state index contributed by atoms with van der Waals surface area (Å²) in [6, 6.07) is 17.0. The molecular formula is C24H25N5O3. The molecule has 0 spiro atoms. The number of pyridine rings is 2. The second-order valence-corrected chi connectivity index (χ2v) is 7.75. The minimum Gasteiger partial charge on any atom is -0.395 e. The van der Waals surface area contributed by atoms with Crippen molar-refractivity contribution in [2.75, 3.05) is 44.2 Å². The van der Waals surface area contributed by atoms with Gasteiger partial charge in [0.15, 0.2) is 0 Å². The maximum atomic E-state index is 12.8. The molecule has 164 valence electrons. The summed E-state index contributed by atoms with van der Waals surface area (Å²) >= 11 is 0. The highest BCUT2D eigenvalue weighted by Crippen LogP contribution is 2.19. The van der Waals surface area contributed by atoms with Crippen molar-refractivity contribution in [1.82, 2.24) is 14.6 Å². The van der Waals surface area contributed by atoms with Crippen molar-refractivity contribution >= 4 is 17.1 Å². The molecule has 0 radical (unpaired) electrons. The summed E-state index contributed by atoms with van der Waals surface area (Å²) in [6.07, 6.45) is 1.67. The molecule has 0 bridgehead atoms. The molecule has 1 fully saturated rings. The van der Waals surface area contributed by atoms with Crippen LogP contribution in [0, 0.1) is 11.3 Å². The van der Waals surface area contributed by atoms with E-state index in [0.29, 0.717) is 12.1 Å². The number of benzene rings is 1. The lowest BCUT2D eigenvalue weighted by Crippen LogP contribution is -2.46. The van der Waals surface area contributed by atoms with Crippen LogP contribution in [0.4, 0.5) is 5.69 Å². The molecule has 0 atom stereocenters. The first kappa shape index (κ1) is 21.6. The number of rotatable bonds is 6. The van der Waals surface area contributed by atoms with E-state index in [2.05, 4.69) is 21.2 Å². The van der Waals surface area contributed by atoms with E-state index >= 15 is 0 Å². The van der Waals surface area contributed by atoms with Gasteiger partial charge < -0.3 is 15.3 Å². The van der Waals surface area contributed by atoms with E-state index in [-0.39, 0.29) is 24.3 Å². The summed E-state index contributed by atoms with van der Waals surface area (Å²) in [7, 11) is 0. The largest absolute Gasteiger partial charge is 0.395 e. The molecule has 0 aliphatic carbocycles. The summed E-state index contributed by atoms with van der Waals surface area (Å²) < 4.78 is 1.51. The Morgan fingerprint density at radius 1 is 1.09 bits per heavy atom. The number of nitriles is 1. The van der Waals surface area contributed by atoms with E-state index in [1.807, 2.05) is 36.4 Å². The lowest BCUT2D eigenvalue weighted by molar-refractivity contribution is 0.0943. The van der Waals surface area contributed by atoms with Gasteiger partial charge in [0.05, 0.1) is 23.8 Å². The predicted molar refractivity (Wildman–Crippen MR) is 122 cm³/mol. The van der Waals surface area contributed by atoms with Crippen molar-refractivity contribution in [2.45, 2.75) is 6.54 Å². The first-order valence-electron chi connectivity index (χ1n) is 10.6. The molecule has 3 aromatic rings. The van der Waals surface area contributed by atoms with Crippen LogP contribution in [-0.2, 0) is 6.54 Å². The Morgan fingerprint density at radius 3 is 2.53 bits per heavy atom. The fourth-order valence-corrected chi connectivity index (χ4v) is 4.03. The summed E-state index contributed by atoms with van der Waals surface area (Å²) in [4.78, 5) is 29.9. The zero-order valence-electron chi connectivity index (χ0n) is 17.7. The summed E-state index contributed by atoms with van der Waals surface area (Å²) in [6.45, 7) is 3.91. The molecule has 32 heavy (non-hydrogen) atoms. The van der Waals surface area contributed by atoms with Gasteiger partial charge in [-0.2, -0.15) is 5.26 Å². The highest BCUT2D eigenvalue weighted by molar-refractivity contribution is 5.94. The molecule has 0 unspecified atom stereocenters. The highest BCUT2D eigenvalue weighted by atomic mass is 16.3. The first-order chi connectivity index (χ1) is 15.6. The Kier molecular flexibility index (Phi) is 6.50. The monoisotopic (exact) mass is 431 g/mol. The van der Waals surface area contributed by atoms with Crippen molar-refractivity contribution in [3.8, 4) is 6.07 Å². The number of fused-ring (bicyclic) bond motifs is 1. The SMILES string of the molecule is N#Cc1ccc(N2CCN(Cc3cc(C(=O)NCCO)c(=O)n4ccccc34)CC2)cc1. The van der Waals surface area contributed by atoms with Crippen molar-refractivity contribution in [3.05, 3.63) is 81.8 Å². The molecule has 2 N–H and O–H groups in total. The number of nitrogens with zero attached hydrogens (tertiary/aromatic N) is 4. The fraction of sp³-hybridized carbons (Fsp3) is 0.292. The average Bonchev–Trinajstić information content (AvgIpc) is 2.85. The number of hydrogen-bond acceptors (Lipinski definition) is 6. The van der Waals surface area contributed by atoms with Gasteiger partial charge in [-0.1, -0.05) is 6.07 Å². The van der Waals surface area contributed by atoms with Crippen LogP contribution < -0.4 is 15.8 Å². The Bertz CT molecular complexity index is 1210. The number of carbonyl (C=O) groups is 1. The number of hydrogen-bond donors (Lipinski definition) is 2. The molecule has 3 heterocycles. The third kappa shape index (κ3) is 4.49. The van der Waals surface area contributed by atoms with Gasteiger partial charge in [-0.05, 0) is 48.0 Å². The van der Waals surface area contributed by atoms with Gasteiger partial charge >= 0.3 is 0 Å². The van der Waals surface area contributed by atoms with Gasteiger partial charge in [0.25, 0.3) is 11.5 Å². The number of amides is 1. The summed E-state index contributed by atoms with van der Waals surface area (Å²) in [5, 5.41) is 20.5. The van der Waals surface area contributed by atoms with Gasteiger partial charge in [0.1, 0.15) is 5.56 Å². The number of anilines is 1. The molecule has 0 saturated carbocycles. The second-order valence-electron chi connectivity index (χ2n) is 7.75. The van der Waals surface area contributed by atoms with E-state index in [0.717, 1.165) is 42.9 Å². The second kappa shape index (κ2) is 9.64. The summed E-state index contributed by atoms with van der Waals surface area (Å²) in [5.74, 6) is -0.478. The zero-order chi connectivity index (χ0) is 22.5. The van der Waals surface area contributed by atoms with Crippen molar-refractivity contribution in [3.63, 3.8) is 0 Å². The van der Waals surface area contributed by atoms with E-state index in [1.165, 1.54) is 4.40 Å². The molecule has 1 aliphatic heterocycles. The van der Waals surface area contributed by atoms with Crippen LogP contribution in [0.1, 0.15) is 21.5 Å². The van der Waals surface area contributed by atoms with Crippen LogP contribution in [-0.4, -0.2) is 59.6 Å². The molecule has 1 amide bonds. The van der Waals surface area contributed by atoms with E-state index in [4.69, 9.17) is 10.4 Å². The Hall–Kier alpha value is -3.67. The van der Waals surface area contributed by atoms with Gasteiger partial charge in [-0.15, -0.1) is 0 Å². The third-order valence-corrected chi connectivity index (χ3v) is 5.73.